The lowest BCUT2D eigenvalue weighted by molar-refractivity contribution is 0.324. The molecule has 1 aromatic heterocycles. The molecule has 1 N–H and O–H groups in total. The van der Waals surface area contributed by atoms with Crippen LogP contribution in [0.3, 0.4) is 0 Å². The quantitative estimate of drug-likeness (QED) is 0.916. The number of nitrogens with one attached hydrogen (secondary N) is 1. The van der Waals surface area contributed by atoms with E-state index in [0.717, 1.165) is 49.1 Å². The predicted octanol–water partition coefficient (Wildman–Crippen LogP) is 2.68. The van der Waals surface area contributed by atoms with Gasteiger partial charge in [-0.3, -0.25) is 0 Å². The van der Waals surface area contributed by atoms with Crippen LogP contribution in [0.15, 0.2) is 28.8 Å². The summed E-state index contributed by atoms with van der Waals surface area (Å²) in [5.41, 5.74) is 0.872. The molecule has 0 saturated carbocycles. The average molecular weight is 287 g/mol. The largest absolute Gasteiger partial charge is 0.496 e. The fourth-order valence-electron chi connectivity index (χ4n) is 2.79. The molecule has 0 aliphatic carbocycles. The molecule has 0 radical (unpaired) electrons. The number of hydrogen-bond donors (Lipinski definition) is 1. The number of benzene rings is 1. The van der Waals surface area contributed by atoms with Gasteiger partial charge in [-0.2, -0.15) is 4.98 Å². The van der Waals surface area contributed by atoms with Gasteiger partial charge in [0.15, 0.2) is 0 Å². The van der Waals surface area contributed by atoms with Gasteiger partial charge in [-0.05, 0) is 50.4 Å². The van der Waals surface area contributed by atoms with E-state index >= 15 is 0 Å². The summed E-state index contributed by atoms with van der Waals surface area (Å²) in [6, 6.07) is 7.73. The fraction of sp³-hybridized carbons (Fsp3) is 0.500. The zero-order valence-corrected chi connectivity index (χ0v) is 12.3. The Labute approximate surface area is 124 Å². The number of methoxy groups -OCH3 is 1. The van der Waals surface area contributed by atoms with Crippen molar-refractivity contribution >= 4 is 0 Å². The Kier molecular flexibility index (Phi) is 4.50. The van der Waals surface area contributed by atoms with Gasteiger partial charge in [-0.25, -0.2) is 0 Å². The van der Waals surface area contributed by atoms with Crippen molar-refractivity contribution in [3.63, 3.8) is 0 Å². The molecule has 1 aromatic carbocycles. The fourth-order valence-corrected chi connectivity index (χ4v) is 2.79. The Morgan fingerprint density at radius 3 is 2.90 bits per heavy atom. The maximum Gasteiger partial charge on any atom is 0.226 e. The number of aryl methyl sites for hydroxylation is 1. The van der Waals surface area contributed by atoms with Crippen LogP contribution in [0.5, 0.6) is 5.75 Å². The van der Waals surface area contributed by atoms with Crippen molar-refractivity contribution in [1.29, 1.82) is 0 Å². The molecule has 1 aliphatic rings. The van der Waals surface area contributed by atoms with E-state index in [2.05, 4.69) is 15.5 Å². The summed E-state index contributed by atoms with van der Waals surface area (Å²) in [4.78, 5) is 4.50. The molecule has 1 fully saturated rings. The van der Waals surface area contributed by atoms with Crippen LogP contribution in [-0.2, 0) is 6.42 Å². The van der Waals surface area contributed by atoms with Crippen LogP contribution in [0.25, 0.3) is 11.4 Å². The van der Waals surface area contributed by atoms with E-state index in [0.29, 0.717) is 5.82 Å². The summed E-state index contributed by atoms with van der Waals surface area (Å²) in [6.45, 7) is 2.25. The van der Waals surface area contributed by atoms with Crippen molar-refractivity contribution in [2.45, 2.75) is 25.7 Å². The Bertz CT molecular complexity index is 576. The van der Waals surface area contributed by atoms with Gasteiger partial charge < -0.3 is 14.6 Å². The number of para-hydroxylation sites is 1. The highest BCUT2D eigenvalue weighted by molar-refractivity contribution is 5.63. The molecule has 1 saturated heterocycles. The first-order chi connectivity index (χ1) is 10.4. The Balaban J connectivity index is 1.65. The maximum absolute atomic E-state index is 5.38. The van der Waals surface area contributed by atoms with Crippen LogP contribution in [0, 0.1) is 5.92 Å². The van der Waals surface area contributed by atoms with Crippen molar-refractivity contribution in [3.05, 3.63) is 30.2 Å². The summed E-state index contributed by atoms with van der Waals surface area (Å²) in [7, 11) is 1.65. The number of hydrogen-bond acceptors (Lipinski definition) is 5. The van der Waals surface area contributed by atoms with Gasteiger partial charge in [0, 0.05) is 6.42 Å². The topological polar surface area (TPSA) is 60.2 Å². The van der Waals surface area contributed by atoms with Gasteiger partial charge in [0.2, 0.25) is 11.7 Å². The zero-order chi connectivity index (χ0) is 14.5. The second kappa shape index (κ2) is 6.72. The summed E-state index contributed by atoms with van der Waals surface area (Å²) in [5.74, 6) is 2.86. The van der Waals surface area contributed by atoms with Crippen LogP contribution >= 0.6 is 0 Å². The summed E-state index contributed by atoms with van der Waals surface area (Å²) in [6.07, 6.45) is 4.46. The molecule has 0 unspecified atom stereocenters. The minimum absolute atomic E-state index is 0.604. The summed E-state index contributed by atoms with van der Waals surface area (Å²) >= 11 is 0. The molecule has 0 atom stereocenters. The minimum atomic E-state index is 0.604. The van der Waals surface area contributed by atoms with E-state index < -0.39 is 0 Å². The number of nitrogens with zero attached hydrogens (tertiary/aromatic N) is 2. The van der Waals surface area contributed by atoms with Crippen molar-refractivity contribution in [3.8, 4) is 17.1 Å². The molecule has 112 valence electrons. The van der Waals surface area contributed by atoms with E-state index in [1.54, 1.807) is 7.11 Å². The number of aromatic nitrogens is 2. The molecular weight excluding hydrogens is 266 g/mol. The van der Waals surface area contributed by atoms with Crippen LogP contribution < -0.4 is 10.1 Å². The van der Waals surface area contributed by atoms with E-state index in [4.69, 9.17) is 9.26 Å². The first-order valence-corrected chi connectivity index (χ1v) is 7.53. The van der Waals surface area contributed by atoms with Crippen LogP contribution in [0.4, 0.5) is 0 Å². The zero-order valence-electron chi connectivity index (χ0n) is 12.3. The van der Waals surface area contributed by atoms with Crippen molar-refractivity contribution in [2.24, 2.45) is 5.92 Å². The maximum atomic E-state index is 5.38. The van der Waals surface area contributed by atoms with Crippen molar-refractivity contribution < 1.29 is 9.26 Å². The molecule has 3 rings (SSSR count). The average Bonchev–Trinajstić information content (AvgIpc) is 3.02. The highest BCUT2D eigenvalue weighted by Crippen LogP contribution is 2.27. The standard InChI is InChI=1S/C16H21N3O2/c1-20-14-5-3-2-4-13(14)16-18-15(21-19-16)7-6-12-8-10-17-11-9-12/h2-5,12,17H,6-11H2,1H3. The minimum Gasteiger partial charge on any atom is -0.496 e. The molecule has 2 heterocycles. The second-order valence-corrected chi connectivity index (χ2v) is 5.44. The lowest BCUT2D eigenvalue weighted by Gasteiger charge is -2.21. The normalized spacial score (nSPS) is 16.0. The van der Waals surface area contributed by atoms with Gasteiger partial charge in [-0.1, -0.05) is 17.3 Å². The Morgan fingerprint density at radius 1 is 1.29 bits per heavy atom. The smallest absolute Gasteiger partial charge is 0.226 e. The van der Waals surface area contributed by atoms with Crippen molar-refractivity contribution in [2.75, 3.05) is 20.2 Å². The molecule has 5 nitrogen and oxygen atoms in total. The van der Waals surface area contributed by atoms with Gasteiger partial charge >= 0.3 is 0 Å². The van der Waals surface area contributed by atoms with E-state index in [-0.39, 0.29) is 0 Å². The number of piperidine rings is 1. The Morgan fingerprint density at radius 2 is 2.10 bits per heavy atom. The van der Waals surface area contributed by atoms with E-state index in [1.807, 2.05) is 24.3 Å². The molecule has 5 heteroatoms. The molecule has 0 bridgehead atoms. The van der Waals surface area contributed by atoms with Gasteiger partial charge in [0.1, 0.15) is 5.75 Å². The second-order valence-electron chi connectivity index (χ2n) is 5.44. The monoisotopic (exact) mass is 287 g/mol. The van der Waals surface area contributed by atoms with Crippen molar-refractivity contribution in [1.82, 2.24) is 15.5 Å². The molecular formula is C16H21N3O2. The highest BCUT2D eigenvalue weighted by Gasteiger charge is 2.16. The first kappa shape index (κ1) is 14.1. The van der Waals surface area contributed by atoms with Gasteiger partial charge in [-0.15, -0.1) is 0 Å². The summed E-state index contributed by atoms with van der Waals surface area (Å²) in [5, 5.41) is 7.47. The van der Waals surface area contributed by atoms with Crippen LogP contribution in [0.2, 0.25) is 0 Å². The number of ether oxygens (including phenoxy) is 1. The third-order valence-corrected chi connectivity index (χ3v) is 4.04. The third-order valence-electron chi connectivity index (χ3n) is 4.04. The SMILES string of the molecule is COc1ccccc1-c1noc(CCC2CCNCC2)n1. The lowest BCUT2D eigenvalue weighted by Crippen LogP contribution is -2.27. The Hall–Kier alpha value is -1.88. The molecule has 0 spiro atoms. The first-order valence-electron chi connectivity index (χ1n) is 7.53. The van der Waals surface area contributed by atoms with Gasteiger partial charge in [0.25, 0.3) is 0 Å². The van der Waals surface area contributed by atoms with Crippen LogP contribution in [-0.4, -0.2) is 30.3 Å². The highest BCUT2D eigenvalue weighted by atomic mass is 16.5. The molecule has 2 aromatic rings. The van der Waals surface area contributed by atoms with Crippen LogP contribution in [0.1, 0.15) is 25.2 Å². The third kappa shape index (κ3) is 3.42. The number of rotatable bonds is 5. The summed E-state index contributed by atoms with van der Waals surface area (Å²) < 4.78 is 10.7. The molecule has 0 amide bonds. The van der Waals surface area contributed by atoms with E-state index in [9.17, 15) is 0 Å². The predicted molar refractivity (Wildman–Crippen MR) is 80.2 cm³/mol. The van der Waals surface area contributed by atoms with Gasteiger partial charge in [0.05, 0.1) is 12.7 Å². The lowest BCUT2D eigenvalue weighted by atomic mass is 9.93. The molecule has 21 heavy (non-hydrogen) atoms. The van der Waals surface area contributed by atoms with E-state index in [1.165, 1.54) is 12.8 Å². The molecule has 1 aliphatic heterocycles.